The lowest BCUT2D eigenvalue weighted by molar-refractivity contribution is -0.118. The van der Waals surface area contributed by atoms with Crippen LogP contribution < -0.4 is 5.32 Å². The summed E-state index contributed by atoms with van der Waals surface area (Å²) in [6, 6.07) is 11.5. The molecule has 0 unspecified atom stereocenters. The van der Waals surface area contributed by atoms with E-state index in [4.69, 9.17) is 0 Å². The highest BCUT2D eigenvalue weighted by Gasteiger charge is 2.38. The van der Waals surface area contributed by atoms with Crippen LogP contribution in [0.3, 0.4) is 0 Å². The van der Waals surface area contributed by atoms with Crippen LogP contribution in [0.25, 0.3) is 10.9 Å². The third kappa shape index (κ3) is 2.95. The van der Waals surface area contributed by atoms with Gasteiger partial charge >= 0.3 is 0 Å². The standard InChI is InChI=1S/C17H15IN4O/c18-16-12-9-11(6-7-13(12)21-22-16)20-17(23)15(10-4-5-10)14-3-1-2-8-19-14/h1-3,6-10,15H,4-5H2,(H,20,23)(H,21,22)/t15-/m0/s1. The van der Waals surface area contributed by atoms with E-state index < -0.39 is 0 Å². The fourth-order valence-electron chi connectivity index (χ4n) is 2.86. The van der Waals surface area contributed by atoms with E-state index >= 15 is 0 Å². The van der Waals surface area contributed by atoms with Crippen molar-refractivity contribution in [2.24, 2.45) is 5.92 Å². The molecule has 2 aromatic heterocycles. The molecule has 0 aliphatic heterocycles. The van der Waals surface area contributed by atoms with Crippen molar-refractivity contribution in [3.05, 3.63) is 52.0 Å². The van der Waals surface area contributed by atoms with Gasteiger partial charge < -0.3 is 5.32 Å². The number of nitrogens with one attached hydrogen (secondary N) is 2. The lowest BCUT2D eigenvalue weighted by atomic mass is 9.97. The SMILES string of the molecule is O=C(Nc1ccc2n[nH]c(I)c2c1)[C@H](c1ccccn1)C1CC1. The molecule has 3 aromatic rings. The van der Waals surface area contributed by atoms with E-state index in [0.717, 1.165) is 38.8 Å². The van der Waals surface area contributed by atoms with Crippen molar-refractivity contribution in [2.75, 3.05) is 5.32 Å². The van der Waals surface area contributed by atoms with Crippen molar-refractivity contribution < 1.29 is 4.79 Å². The lowest BCUT2D eigenvalue weighted by Gasteiger charge is -2.15. The van der Waals surface area contributed by atoms with Gasteiger partial charge in [-0.25, -0.2) is 0 Å². The summed E-state index contributed by atoms with van der Waals surface area (Å²) < 4.78 is 0.970. The number of H-pyrrole nitrogens is 1. The Hall–Kier alpha value is -1.96. The number of hydrogen-bond acceptors (Lipinski definition) is 3. The topological polar surface area (TPSA) is 70.7 Å². The number of benzene rings is 1. The molecule has 5 nitrogen and oxygen atoms in total. The molecule has 1 aliphatic rings. The molecule has 1 aromatic carbocycles. The predicted octanol–water partition coefficient (Wildman–Crippen LogP) is 3.69. The van der Waals surface area contributed by atoms with E-state index in [1.165, 1.54) is 0 Å². The van der Waals surface area contributed by atoms with Crippen LogP contribution in [-0.2, 0) is 4.79 Å². The van der Waals surface area contributed by atoms with Gasteiger partial charge in [0.1, 0.15) is 3.70 Å². The summed E-state index contributed by atoms with van der Waals surface area (Å²) >= 11 is 2.21. The summed E-state index contributed by atoms with van der Waals surface area (Å²) in [7, 11) is 0. The normalized spacial score (nSPS) is 15.5. The molecule has 0 spiro atoms. The van der Waals surface area contributed by atoms with E-state index in [9.17, 15) is 4.79 Å². The molecule has 0 bridgehead atoms. The number of pyridine rings is 1. The second kappa shape index (κ2) is 5.92. The van der Waals surface area contributed by atoms with Crippen molar-refractivity contribution in [2.45, 2.75) is 18.8 Å². The summed E-state index contributed by atoms with van der Waals surface area (Å²) in [4.78, 5) is 17.2. The van der Waals surface area contributed by atoms with Crippen molar-refractivity contribution >= 4 is 45.1 Å². The number of carbonyl (C=O) groups is 1. The summed E-state index contributed by atoms with van der Waals surface area (Å²) in [5.41, 5.74) is 2.55. The highest BCUT2D eigenvalue weighted by molar-refractivity contribution is 14.1. The smallest absolute Gasteiger partial charge is 0.233 e. The van der Waals surface area contributed by atoms with Crippen LogP contribution in [0, 0.1) is 9.62 Å². The van der Waals surface area contributed by atoms with Crippen molar-refractivity contribution in [3.63, 3.8) is 0 Å². The van der Waals surface area contributed by atoms with Gasteiger partial charge in [-0.05, 0) is 71.7 Å². The molecule has 4 rings (SSSR count). The molecular weight excluding hydrogens is 403 g/mol. The molecule has 1 atom stereocenters. The van der Waals surface area contributed by atoms with Gasteiger partial charge in [0.25, 0.3) is 0 Å². The van der Waals surface area contributed by atoms with Gasteiger partial charge in [-0.3, -0.25) is 14.9 Å². The third-order valence-electron chi connectivity index (χ3n) is 4.16. The minimum absolute atomic E-state index is 0.0176. The summed E-state index contributed by atoms with van der Waals surface area (Å²) in [6.07, 6.45) is 3.93. The second-order valence-electron chi connectivity index (χ2n) is 5.83. The average Bonchev–Trinajstić information content (AvgIpc) is 3.33. The molecule has 1 aliphatic carbocycles. The number of halogens is 1. The minimum Gasteiger partial charge on any atom is -0.325 e. The van der Waals surface area contributed by atoms with Gasteiger partial charge in [0.05, 0.1) is 17.1 Å². The summed E-state index contributed by atoms with van der Waals surface area (Å²) in [5.74, 6) is 0.252. The largest absolute Gasteiger partial charge is 0.325 e. The molecule has 1 fully saturated rings. The number of aromatic amines is 1. The Morgan fingerprint density at radius 1 is 1.30 bits per heavy atom. The first kappa shape index (κ1) is 14.6. The van der Waals surface area contributed by atoms with Crippen LogP contribution in [0.2, 0.25) is 0 Å². The van der Waals surface area contributed by atoms with Crippen molar-refractivity contribution in [1.29, 1.82) is 0 Å². The molecule has 116 valence electrons. The van der Waals surface area contributed by atoms with Crippen molar-refractivity contribution in [3.8, 4) is 0 Å². The van der Waals surface area contributed by atoms with Crippen LogP contribution >= 0.6 is 22.6 Å². The fraction of sp³-hybridized carbons (Fsp3) is 0.235. The summed E-state index contributed by atoms with van der Waals surface area (Å²) in [6.45, 7) is 0. The number of fused-ring (bicyclic) bond motifs is 1. The molecule has 1 saturated carbocycles. The quantitative estimate of drug-likeness (QED) is 0.635. The Morgan fingerprint density at radius 3 is 2.91 bits per heavy atom. The maximum absolute atomic E-state index is 12.8. The Kier molecular flexibility index (Phi) is 3.76. The predicted molar refractivity (Wildman–Crippen MR) is 97.1 cm³/mol. The maximum Gasteiger partial charge on any atom is 0.233 e. The maximum atomic E-state index is 12.8. The fourth-order valence-corrected chi connectivity index (χ4v) is 3.41. The zero-order chi connectivity index (χ0) is 15.8. The highest BCUT2D eigenvalue weighted by atomic mass is 127. The van der Waals surface area contributed by atoms with Gasteiger partial charge in [0, 0.05) is 17.3 Å². The van der Waals surface area contributed by atoms with Crippen LogP contribution in [0.15, 0.2) is 42.6 Å². The van der Waals surface area contributed by atoms with E-state index in [-0.39, 0.29) is 11.8 Å². The first-order chi connectivity index (χ1) is 11.2. The molecule has 0 saturated heterocycles. The molecular formula is C17H15IN4O. The van der Waals surface area contributed by atoms with Gasteiger partial charge in [-0.2, -0.15) is 5.10 Å². The zero-order valence-electron chi connectivity index (χ0n) is 12.3. The molecule has 1 amide bonds. The molecule has 23 heavy (non-hydrogen) atoms. The average molecular weight is 418 g/mol. The number of hydrogen-bond donors (Lipinski definition) is 2. The van der Waals surface area contributed by atoms with Crippen molar-refractivity contribution in [1.82, 2.24) is 15.2 Å². The van der Waals surface area contributed by atoms with E-state index in [0.29, 0.717) is 5.92 Å². The number of rotatable bonds is 4. The first-order valence-electron chi connectivity index (χ1n) is 7.58. The van der Waals surface area contributed by atoms with Gasteiger partial charge in [-0.15, -0.1) is 0 Å². The number of nitrogens with zero attached hydrogens (tertiary/aromatic N) is 2. The summed E-state index contributed by atoms with van der Waals surface area (Å²) in [5, 5.41) is 11.2. The Morgan fingerprint density at radius 2 is 2.17 bits per heavy atom. The number of anilines is 1. The Bertz CT molecular complexity index is 857. The molecule has 6 heteroatoms. The van der Waals surface area contributed by atoms with Crippen LogP contribution in [0.4, 0.5) is 5.69 Å². The number of carbonyl (C=O) groups excluding carboxylic acids is 1. The minimum atomic E-state index is -0.171. The monoisotopic (exact) mass is 418 g/mol. The molecule has 2 heterocycles. The van der Waals surface area contributed by atoms with Crippen LogP contribution in [0.5, 0.6) is 0 Å². The van der Waals surface area contributed by atoms with E-state index in [1.54, 1.807) is 6.20 Å². The number of amides is 1. The second-order valence-corrected chi connectivity index (χ2v) is 6.91. The Labute approximate surface area is 147 Å². The van der Waals surface area contributed by atoms with E-state index in [2.05, 4.69) is 43.1 Å². The lowest BCUT2D eigenvalue weighted by Crippen LogP contribution is -2.23. The van der Waals surface area contributed by atoms with Gasteiger partial charge in [0.15, 0.2) is 0 Å². The zero-order valence-corrected chi connectivity index (χ0v) is 14.4. The molecule has 2 N–H and O–H groups in total. The van der Waals surface area contributed by atoms with Gasteiger partial charge in [-0.1, -0.05) is 6.07 Å². The number of aromatic nitrogens is 3. The van der Waals surface area contributed by atoms with Crippen LogP contribution in [0.1, 0.15) is 24.5 Å². The highest BCUT2D eigenvalue weighted by Crippen LogP contribution is 2.42. The van der Waals surface area contributed by atoms with Gasteiger partial charge in [0.2, 0.25) is 5.91 Å². The Balaban J connectivity index is 1.60. The van der Waals surface area contributed by atoms with Crippen LogP contribution in [-0.4, -0.2) is 21.1 Å². The third-order valence-corrected chi connectivity index (χ3v) is 4.98. The first-order valence-corrected chi connectivity index (χ1v) is 8.65. The molecule has 0 radical (unpaired) electrons. The van der Waals surface area contributed by atoms with E-state index in [1.807, 2.05) is 36.4 Å².